The lowest BCUT2D eigenvalue weighted by Gasteiger charge is -2.09. The van der Waals surface area contributed by atoms with Gasteiger partial charge < -0.3 is 5.32 Å². The summed E-state index contributed by atoms with van der Waals surface area (Å²) in [5.41, 5.74) is 2.50. The molecule has 3 rings (SSSR count). The first kappa shape index (κ1) is 14.6. The lowest BCUT2D eigenvalue weighted by atomic mass is 10.0. The second-order valence-corrected chi connectivity index (χ2v) is 6.25. The second-order valence-electron chi connectivity index (χ2n) is 4.99. The van der Waals surface area contributed by atoms with Crippen molar-refractivity contribution in [2.24, 2.45) is 0 Å². The smallest absolute Gasteiger partial charge is 0.0551 e. The molecule has 0 saturated carbocycles. The molecule has 0 bridgehead atoms. The second kappa shape index (κ2) is 6.61. The molecule has 0 aliphatic carbocycles. The van der Waals surface area contributed by atoms with E-state index in [1.807, 2.05) is 12.1 Å². The van der Waals surface area contributed by atoms with Crippen molar-refractivity contribution in [3.8, 4) is 0 Å². The first-order valence-electron chi connectivity index (χ1n) is 6.85. The van der Waals surface area contributed by atoms with Crippen molar-refractivity contribution in [2.75, 3.05) is 0 Å². The third kappa shape index (κ3) is 3.46. The molecule has 0 atom stereocenters. The molecule has 106 valence electrons. The van der Waals surface area contributed by atoms with Crippen LogP contribution in [0.25, 0.3) is 10.8 Å². The van der Waals surface area contributed by atoms with Gasteiger partial charge in [0, 0.05) is 17.6 Å². The zero-order chi connectivity index (χ0) is 14.7. The molecule has 3 heteroatoms. The molecular weight excluding hydrogens is 346 g/mol. The molecule has 0 radical (unpaired) electrons. The summed E-state index contributed by atoms with van der Waals surface area (Å²) >= 11 is 9.52. The molecular formula is C18H15BrClN. The van der Waals surface area contributed by atoms with Crippen molar-refractivity contribution < 1.29 is 0 Å². The molecule has 1 N–H and O–H groups in total. The fourth-order valence-electron chi connectivity index (χ4n) is 2.44. The van der Waals surface area contributed by atoms with E-state index >= 15 is 0 Å². The number of rotatable bonds is 4. The van der Waals surface area contributed by atoms with Gasteiger partial charge in [0.1, 0.15) is 0 Å². The Bertz CT molecular complexity index is 765. The molecule has 0 aromatic heterocycles. The van der Waals surface area contributed by atoms with Gasteiger partial charge in [-0.25, -0.2) is 0 Å². The van der Waals surface area contributed by atoms with Gasteiger partial charge in [-0.3, -0.25) is 0 Å². The van der Waals surface area contributed by atoms with E-state index < -0.39 is 0 Å². The predicted molar refractivity (Wildman–Crippen MR) is 93.6 cm³/mol. The Hall–Kier alpha value is -1.35. The Kier molecular flexibility index (Phi) is 4.59. The maximum absolute atomic E-state index is 6.11. The van der Waals surface area contributed by atoms with E-state index in [9.17, 15) is 0 Å². The monoisotopic (exact) mass is 359 g/mol. The van der Waals surface area contributed by atoms with E-state index in [1.54, 1.807) is 0 Å². The van der Waals surface area contributed by atoms with Gasteiger partial charge in [0.15, 0.2) is 0 Å². The molecule has 0 amide bonds. The first-order chi connectivity index (χ1) is 10.2. The van der Waals surface area contributed by atoms with E-state index in [-0.39, 0.29) is 0 Å². The van der Waals surface area contributed by atoms with Crippen molar-refractivity contribution >= 4 is 38.3 Å². The largest absolute Gasteiger partial charge is 0.309 e. The lowest BCUT2D eigenvalue weighted by molar-refractivity contribution is 0.696. The summed E-state index contributed by atoms with van der Waals surface area (Å²) in [6.45, 7) is 1.64. The minimum Gasteiger partial charge on any atom is -0.309 e. The van der Waals surface area contributed by atoms with E-state index in [0.717, 1.165) is 22.6 Å². The van der Waals surface area contributed by atoms with E-state index in [2.05, 4.69) is 69.8 Å². The van der Waals surface area contributed by atoms with Crippen molar-refractivity contribution in [3.05, 3.63) is 81.3 Å². The quantitative estimate of drug-likeness (QED) is 0.643. The summed E-state index contributed by atoms with van der Waals surface area (Å²) in [5, 5.41) is 6.82. The summed E-state index contributed by atoms with van der Waals surface area (Å²) in [6, 6.07) is 20.9. The van der Waals surface area contributed by atoms with E-state index in [4.69, 9.17) is 11.6 Å². The maximum atomic E-state index is 6.11. The molecule has 3 aromatic rings. The molecule has 0 heterocycles. The Morgan fingerprint density at radius 1 is 0.905 bits per heavy atom. The van der Waals surface area contributed by atoms with Crippen molar-refractivity contribution in [3.63, 3.8) is 0 Å². The number of nitrogens with one attached hydrogen (secondary N) is 1. The van der Waals surface area contributed by atoms with Crippen molar-refractivity contribution in [1.82, 2.24) is 5.32 Å². The van der Waals surface area contributed by atoms with Gasteiger partial charge in [0.2, 0.25) is 0 Å². The van der Waals surface area contributed by atoms with Crippen LogP contribution in [0.5, 0.6) is 0 Å². The van der Waals surface area contributed by atoms with Gasteiger partial charge in [0.05, 0.1) is 5.02 Å². The third-order valence-electron chi connectivity index (χ3n) is 3.51. The molecule has 21 heavy (non-hydrogen) atoms. The highest BCUT2D eigenvalue weighted by molar-refractivity contribution is 9.10. The number of hydrogen-bond donors (Lipinski definition) is 1. The van der Waals surface area contributed by atoms with Crippen LogP contribution in [0.15, 0.2) is 65.1 Å². The fourth-order valence-corrected chi connectivity index (χ4v) is 2.89. The summed E-state index contributed by atoms with van der Waals surface area (Å²) in [6.07, 6.45) is 0. The highest BCUT2D eigenvalue weighted by Gasteiger charge is 2.01. The summed E-state index contributed by atoms with van der Waals surface area (Å²) in [4.78, 5) is 0. The van der Waals surface area contributed by atoms with Gasteiger partial charge in [-0.1, -0.05) is 60.1 Å². The first-order valence-corrected chi connectivity index (χ1v) is 8.02. The van der Waals surface area contributed by atoms with Gasteiger partial charge in [-0.05, 0) is 50.0 Å². The van der Waals surface area contributed by atoms with Gasteiger partial charge in [-0.15, -0.1) is 0 Å². The van der Waals surface area contributed by atoms with Gasteiger partial charge in [0.25, 0.3) is 0 Å². The average Bonchev–Trinajstić information content (AvgIpc) is 2.51. The topological polar surface area (TPSA) is 12.0 Å². The molecule has 1 nitrogen and oxygen atoms in total. The third-order valence-corrected chi connectivity index (χ3v) is 4.74. The molecule has 0 unspecified atom stereocenters. The normalized spacial score (nSPS) is 11.0. The Morgan fingerprint density at radius 3 is 2.57 bits per heavy atom. The van der Waals surface area contributed by atoms with Gasteiger partial charge in [-0.2, -0.15) is 0 Å². The molecule has 3 aromatic carbocycles. The van der Waals surface area contributed by atoms with Crippen LogP contribution in [0.4, 0.5) is 0 Å². The van der Waals surface area contributed by atoms with Crippen LogP contribution < -0.4 is 5.32 Å². The number of halogens is 2. The van der Waals surface area contributed by atoms with Crippen LogP contribution in [0.1, 0.15) is 11.1 Å². The minimum absolute atomic E-state index is 0.750. The van der Waals surface area contributed by atoms with Crippen LogP contribution in [0.2, 0.25) is 5.02 Å². The van der Waals surface area contributed by atoms with Crippen molar-refractivity contribution in [1.29, 1.82) is 0 Å². The molecule has 0 aliphatic rings. The number of fused-ring (bicyclic) bond motifs is 1. The SMILES string of the molecule is Clc1cc(CNCc2cccc3ccccc23)ccc1Br. The van der Waals surface area contributed by atoms with Crippen LogP contribution in [0.3, 0.4) is 0 Å². The molecule has 0 aliphatic heterocycles. The highest BCUT2D eigenvalue weighted by Crippen LogP contribution is 2.23. The van der Waals surface area contributed by atoms with Crippen LogP contribution in [-0.2, 0) is 13.1 Å². The Morgan fingerprint density at radius 2 is 1.71 bits per heavy atom. The zero-order valence-electron chi connectivity index (χ0n) is 11.4. The van der Waals surface area contributed by atoms with E-state index in [0.29, 0.717) is 0 Å². The van der Waals surface area contributed by atoms with Crippen LogP contribution in [-0.4, -0.2) is 0 Å². The molecule has 0 spiro atoms. The molecule has 0 saturated heterocycles. The average molecular weight is 361 g/mol. The van der Waals surface area contributed by atoms with Crippen LogP contribution >= 0.6 is 27.5 Å². The maximum Gasteiger partial charge on any atom is 0.0551 e. The lowest BCUT2D eigenvalue weighted by Crippen LogP contribution is -2.12. The Labute approximate surface area is 138 Å². The minimum atomic E-state index is 0.750. The predicted octanol–water partition coefficient (Wildman–Crippen LogP) is 5.55. The summed E-state index contributed by atoms with van der Waals surface area (Å²) < 4.78 is 0.932. The molecule has 0 fully saturated rings. The number of hydrogen-bond acceptors (Lipinski definition) is 1. The zero-order valence-corrected chi connectivity index (χ0v) is 13.8. The Balaban J connectivity index is 1.70. The highest BCUT2D eigenvalue weighted by atomic mass is 79.9. The van der Waals surface area contributed by atoms with Crippen LogP contribution in [0, 0.1) is 0 Å². The fraction of sp³-hybridized carbons (Fsp3) is 0.111. The van der Waals surface area contributed by atoms with Gasteiger partial charge >= 0.3 is 0 Å². The summed E-state index contributed by atoms with van der Waals surface area (Å²) in [7, 11) is 0. The van der Waals surface area contributed by atoms with Crippen molar-refractivity contribution in [2.45, 2.75) is 13.1 Å². The standard InChI is InChI=1S/C18H15BrClN/c19-17-9-8-13(10-18(17)20)11-21-12-15-6-3-5-14-4-1-2-7-16(14)15/h1-10,21H,11-12H2. The summed E-state index contributed by atoms with van der Waals surface area (Å²) in [5.74, 6) is 0. The number of benzene rings is 3. The van der Waals surface area contributed by atoms with E-state index in [1.165, 1.54) is 21.9 Å².